The smallest absolute Gasteiger partial charge is 0.0703 e. The van der Waals surface area contributed by atoms with Gasteiger partial charge in [-0.1, -0.05) is 20.8 Å². The van der Waals surface area contributed by atoms with Gasteiger partial charge in [0.2, 0.25) is 0 Å². The SMILES string of the molecule is CCCNCC(C)(C)COCCOC(C)C. The van der Waals surface area contributed by atoms with Gasteiger partial charge in [-0.3, -0.25) is 0 Å². The normalized spacial score (nSPS) is 12.4. The minimum Gasteiger partial charge on any atom is -0.378 e. The molecule has 0 aromatic heterocycles. The minimum atomic E-state index is 0.201. The number of nitrogens with one attached hydrogen (secondary N) is 1. The topological polar surface area (TPSA) is 30.5 Å². The highest BCUT2D eigenvalue weighted by molar-refractivity contribution is 4.70. The summed E-state index contributed by atoms with van der Waals surface area (Å²) in [5.41, 5.74) is 0.201. The summed E-state index contributed by atoms with van der Waals surface area (Å²) in [6.45, 7) is 15.0. The summed E-state index contributed by atoms with van der Waals surface area (Å²) < 4.78 is 11.0. The Morgan fingerprint density at radius 2 is 1.88 bits per heavy atom. The maximum absolute atomic E-state index is 5.61. The van der Waals surface area contributed by atoms with Crippen molar-refractivity contribution in [1.82, 2.24) is 5.32 Å². The molecule has 0 saturated carbocycles. The zero-order valence-corrected chi connectivity index (χ0v) is 11.6. The summed E-state index contributed by atoms with van der Waals surface area (Å²) in [4.78, 5) is 0. The van der Waals surface area contributed by atoms with Crippen LogP contribution in [-0.4, -0.2) is 39.0 Å². The molecule has 0 spiro atoms. The van der Waals surface area contributed by atoms with E-state index in [1.54, 1.807) is 0 Å². The maximum Gasteiger partial charge on any atom is 0.0703 e. The molecule has 0 fully saturated rings. The lowest BCUT2D eigenvalue weighted by Crippen LogP contribution is -2.34. The van der Waals surface area contributed by atoms with Crippen molar-refractivity contribution in [1.29, 1.82) is 0 Å². The third-order valence-electron chi connectivity index (χ3n) is 2.20. The van der Waals surface area contributed by atoms with Crippen molar-refractivity contribution in [2.24, 2.45) is 5.41 Å². The van der Waals surface area contributed by atoms with Crippen molar-refractivity contribution in [3.8, 4) is 0 Å². The molecule has 0 aromatic rings. The Morgan fingerprint density at radius 1 is 1.19 bits per heavy atom. The van der Waals surface area contributed by atoms with E-state index in [2.05, 4.69) is 26.1 Å². The van der Waals surface area contributed by atoms with Crippen LogP contribution in [-0.2, 0) is 9.47 Å². The highest BCUT2D eigenvalue weighted by Crippen LogP contribution is 2.13. The van der Waals surface area contributed by atoms with Gasteiger partial charge in [0.25, 0.3) is 0 Å². The van der Waals surface area contributed by atoms with E-state index in [4.69, 9.17) is 9.47 Å². The van der Waals surface area contributed by atoms with Crippen molar-refractivity contribution in [3.63, 3.8) is 0 Å². The van der Waals surface area contributed by atoms with Gasteiger partial charge in [-0.05, 0) is 26.8 Å². The zero-order valence-electron chi connectivity index (χ0n) is 11.6. The van der Waals surface area contributed by atoms with Crippen LogP contribution in [0.25, 0.3) is 0 Å². The second kappa shape index (κ2) is 8.97. The summed E-state index contributed by atoms with van der Waals surface area (Å²) in [6, 6.07) is 0. The Morgan fingerprint density at radius 3 is 2.44 bits per heavy atom. The molecule has 3 nitrogen and oxygen atoms in total. The van der Waals surface area contributed by atoms with Crippen molar-refractivity contribution in [2.75, 3.05) is 32.9 Å². The number of hydrogen-bond donors (Lipinski definition) is 1. The second-order valence-corrected chi connectivity index (χ2v) is 5.31. The molecular weight excluding hydrogens is 202 g/mol. The first-order chi connectivity index (χ1) is 7.48. The van der Waals surface area contributed by atoms with Crippen LogP contribution in [0.1, 0.15) is 41.0 Å². The van der Waals surface area contributed by atoms with Crippen LogP contribution < -0.4 is 5.32 Å². The molecule has 0 heterocycles. The van der Waals surface area contributed by atoms with Gasteiger partial charge < -0.3 is 14.8 Å². The molecular formula is C13H29NO2. The summed E-state index contributed by atoms with van der Waals surface area (Å²) in [5.74, 6) is 0. The van der Waals surface area contributed by atoms with Gasteiger partial charge >= 0.3 is 0 Å². The molecule has 0 aromatic carbocycles. The van der Waals surface area contributed by atoms with Crippen LogP contribution in [0.4, 0.5) is 0 Å². The lowest BCUT2D eigenvalue weighted by atomic mass is 9.95. The molecule has 1 N–H and O–H groups in total. The monoisotopic (exact) mass is 231 g/mol. The van der Waals surface area contributed by atoms with Gasteiger partial charge in [0.05, 0.1) is 25.9 Å². The molecule has 0 bridgehead atoms. The quantitative estimate of drug-likeness (QED) is 0.586. The Hall–Kier alpha value is -0.120. The predicted octanol–water partition coefficient (Wildman–Crippen LogP) is 2.45. The second-order valence-electron chi connectivity index (χ2n) is 5.31. The number of hydrogen-bond acceptors (Lipinski definition) is 3. The molecule has 0 aliphatic carbocycles. The fourth-order valence-corrected chi connectivity index (χ4v) is 1.35. The van der Waals surface area contributed by atoms with Gasteiger partial charge in [-0.25, -0.2) is 0 Å². The van der Waals surface area contributed by atoms with Gasteiger partial charge in [0, 0.05) is 12.0 Å². The molecule has 0 atom stereocenters. The maximum atomic E-state index is 5.61. The van der Waals surface area contributed by atoms with Gasteiger partial charge in [0.15, 0.2) is 0 Å². The Kier molecular flexibility index (Phi) is 8.90. The predicted molar refractivity (Wildman–Crippen MR) is 68.8 cm³/mol. The van der Waals surface area contributed by atoms with Crippen LogP contribution >= 0.6 is 0 Å². The molecule has 0 saturated heterocycles. The summed E-state index contributed by atoms with van der Waals surface area (Å²) in [6.07, 6.45) is 1.47. The molecule has 0 aliphatic rings. The van der Waals surface area contributed by atoms with E-state index in [9.17, 15) is 0 Å². The lowest BCUT2D eigenvalue weighted by molar-refractivity contribution is -0.00318. The molecule has 98 valence electrons. The fourth-order valence-electron chi connectivity index (χ4n) is 1.35. The Labute approximate surface area is 101 Å². The van der Waals surface area contributed by atoms with E-state index in [1.807, 2.05) is 13.8 Å². The third kappa shape index (κ3) is 10.4. The summed E-state index contributed by atoms with van der Waals surface area (Å²) >= 11 is 0. The third-order valence-corrected chi connectivity index (χ3v) is 2.20. The van der Waals surface area contributed by atoms with Crippen molar-refractivity contribution >= 4 is 0 Å². The first-order valence-electron chi connectivity index (χ1n) is 6.38. The number of ether oxygens (including phenoxy) is 2. The van der Waals surface area contributed by atoms with Crippen molar-refractivity contribution in [3.05, 3.63) is 0 Å². The van der Waals surface area contributed by atoms with E-state index >= 15 is 0 Å². The molecule has 0 rings (SSSR count). The molecule has 0 aliphatic heterocycles. The zero-order chi connectivity index (χ0) is 12.4. The average Bonchev–Trinajstić information content (AvgIpc) is 2.16. The van der Waals surface area contributed by atoms with Crippen LogP contribution in [0.2, 0.25) is 0 Å². The Bertz CT molecular complexity index is 158. The largest absolute Gasteiger partial charge is 0.378 e. The summed E-state index contributed by atoms with van der Waals surface area (Å²) in [7, 11) is 0. The Balaban J connectivity index is 3.42. The van der Waals surface area contributed by atoms with Crippen LogP contribution in [0.15, 0.2) is 0 Å². The number of rotatable bonds is 10. The van der Waals surface area contributed by atoms with E-state index in [0.29, 0.717) is 19.3 Å². The first-order valence-corrected chi connectivity index (χ1v) is 6.38. The fraction of sp³-hybridized carbons (Fsp3) is 1.00. The van der Waals surface area contributed by atoms with Crippen LogP contribution in [0, 0.1) is 5.41 Å². The van der Waals surface area contributed by atoms with Gasteiger partial charge in [0.1, 0.15) is 0 Å². The lowest BCUT2D eigenvalue weighted by Gasteiger charge is -2.25. The average molecular weight is 231 g/mol. The van der Waals surface area contributed by atoms with Gasteiger partial charge in [-0.15, -0.1) is 0 Å². The summed E-state index contributed by atoms with van der Waals surface area (Å²) in [5, 5.41) is 3.42. The van der Waals surface area contributed by atoms with E-state index in [-0.39, 0.29) is 5.41 Å². The van der Waals surface area contributed by atoms with Crippen LogP contribution in [0.5, 0.6) is 0 Å². The highest BCUT2D eigenvalue weighted by atomic mass is 16.5. The van der Waals surface area contributed by atoms with E-state index in [0.717, 1.165) is 19.7 Å². The molecule has 16 heavy (non-hydrogen) atoms. The van der Waals surface area contributed by atoms with Crippen LogP contribution in [0.3, 0.4) is 0 Å². The van der Waals surface area contributed by atoms with Crippen molar-refractivity contribution in [2.45, 2.75) is 47.1 Å². The molecule has 0 amide bonds. The van der Waals surface area contributed by atoms with E-state index < -0.39 is 0 Å². The molecule has 0 unspecified atom stereocenters. The van der Waals surface area contributed by atoms with E-state index in [1.165, 1.54) is 6.42 Å². The first kappa shape index (κ1) is 15.9. The molecule has 3 heteroatoms. The highest BCUT2D eigenvalue weighted by Gasteiger charge is 2.17. The molecule has 0 radical (unpaired) electrons. The minimum absolute atomic E-state index is 0.201. The standard InChI is InChI=1S/C13H29NO2/c1-6-7-14-10-13(4,5)11-15-8-9-16-12(2)3/h12,14H,6-11H2,1-5H3. The van der Waals surface area contributed by atoms with Gasteiger partial charge in [-0.2, -0.15) is 0 Å². The van der Waals surface area contributed by atoms with Crippen molar-refractivity contribution < 1.29 is 9.47 Å².